The molecule has 2 aromatic rings. The maximum Gasteiger partial charge on any atom is 0.252 e. The average Bonchev–Trinajstić information content (AvgIpc) is 2.62. The normalized spacial score (nSPS) is 11.3. The number of halogens is 2. The van der Waals surface area contributed by atoms with E-state index in [9.17, 15) is 18.4 Å². The summed E-state index contributed by atoms with van der Waals surface area (Å²) in [4.78, 5) is 24.2. The summed E-state index contributed by atoms with van der Waals surface area (Å²) in [6.07, 6.45) is 2.77. The first-order valence-corrected chi connectivity index (χ1v) is 8.16. The SMILES string of the molecule is CCC(C(=O)N/N=C/c1cccc(F)c1)C(=O)N/N=C/c1cccc(F)c1. The lowest BCUT2D eigenvalue weighted by atomic mass is 10.1. The summed E-state index contributed by atoms with van der Waals surface area (Å²) >= 11 is 0. The molecule has 0 aliphatic heterocycles. The van der Waals surface area contributed by atoms with Gasteiger partial charge < -0.3 is 0 Å². The second kappa shape index (κ2) is 9.91. The number of amides is 2. The number of hydrazone groups is 2. The maximum absolute atomic E-state index is 13.1. The number of hydrogen-bond donors (Lipinski definition) is 2. The maximum atomic E-state index is 13.1. The van der Waals surface area contributed by atoms with Crippen molar-refractivity contribution in [3.63, 3.8) is 0 Å². The van der Waals surface area contributed by atoms with Gasteiger partial charge in [0.15, 0.2) is 0 Å². The minimum atomic E-state index is -1.01. The van der Waals surface area contributed by atoms with Gasteiger partial charge in [-0.3, -0.25) is 9.59 Å². The summed E-state index contributed by atoms with van der Waals surface area (Å²) in [6, 6.07) is 11.3. The van der Waals surface area contributed by atoms with Gasteiger partial charge in [0.05, 0.1) is 12.4 Å². The Bertz CT molecular complexity index is 799. The predicted molar refractivity (Wildman–Crippen MR) is 98.1 cm³/mol. The molecule has 2 aromatic carbocycles. The third kappa shape index (κ3) is 6.43. The Morgan fingerprint density at radius 2 is 1.37 bits per heavy atom. The molecule has 0 aliphatic rings. The average molecular weight is 372 g/mol. The van der Waals surface area contributed by atoms with Crippen LogP contribution < -0.4 is 10.9 Å². The Kier molecular flexibility index (Phi) is 7.30. The molecule has 0 atom stereocenters. The van der Waals surface area contributed by atoms with Crippen LogP contribution in [0.2, 0.25) is 0 Å². The van der Waals surface area contributed by atoms with E-state index in [0.717, 1.165) is 0 Å². The van der Waals surface area contributed by atoms with Crippen LogP contribution in [-0.4, -0.2) is 24.2 Å². The highest BCUT2D eigenvalue weighted by Crippen LogP contribution is 2.04. The van der Waals surface area contributed by atoms with Gasteiger partial charge in [0.1, 0.15) is 17.6 Å². The second-order valence-electron chi connectivity index (χ2n) is 5.54. The Balaban J connectivity index is 1.90. The molecule has 0 fully saturated rings. The molecule has 0 heterocycles. The third-order valence-corrected chi connectivity index (χ3v) is 3.52. The molecule has 27 heavy (non-hydrogen) atoms. The van der Waals surface area contributed by atoms with E-state index in [-0.39, 0.29) is 6.42 Å². The molecule has 0 aromatic heterocycles. The van der Waals surface area contributed by atoms with Crippen LogP contribution in [0, 0.1) is 17.6 Å². The molecule has 2 amide bonds. The Morgan fingerprint density at radius 1 is 0.926 bits per heavy atom. The van der Waals surface area contributed by atoms with Crippen molar-refractivity contribution in [1.82, 2.24) is 10.9 Å². The molecule has 0 radical (unpaired) electrons. The van der Waals surface area contributed by atoms with Gasteiger partial charge in [-0.15, -0.1) is 0 Å². The van der Waals surface area contributed by atoms with Crippen LogP contribution in [0.4, 0.5) is 8.78 Å². The number of hydrogen-bond acceptors (Lipinski definition) is 4. The molecule has 0 spiro atoms. The first kappa shape index (κ1) is 19.9. The van der Waals surface area contributed by atoms with Crippen LogP contribution in [0.15, 0.2) is 58.7 Å². The highest BCUT2D eigenvalue weighted by molar-refractivity contribution is 6.00. The fourth-order valence-corrected chi connectivity index (χ4v) is 2.16. The molecule has 0 saturated heterocycles. The van der Waals surface area contributed by atoms with Crippen LogP contribution in [-0.2, 0) is 9.59 Å². The lowest BCUT2D eigenvalue weighted by Crippen LogP contribution is -2.37. The summed E-state index contributed by atoms with van der Waals surface area (Å²) in [5.74, 6) is -3.11. The Morgan fingerprint density at radius 3 is 1.74 bits per heavy atom. The van der Waals surface area contributed by atoms with Gasteiger partial charge in [0, 0.05) is 0 Å². The van der Waals surface area contributed by atoms with Crippen molar-refractivity contribution in [2.24, 2.45) is 16.1 Å². The predicted octanol–water partition coefficient (Wildman–Crippen LogP) is 2.59. The van der Waals surface area contributed by atoms with E-state index in [4.69, 9.17) is 0 Å². The van der Waals surface area contributed by atoms with Gasteiger partial charge in [-0.2, -0.15) is 10.2 Å². The Hall–Kier alpha value is -3.42. The van der Waals surface area contributed by atoms with E-state index in [1.807, 2.05) is 0 Å². The van der Waals surface area contributed by atoms with Crippen LogP contribution in [0.25, 0.3) is 0 Å². The van der Waals surface area contributed by atoms with Crippen LogP contribution in [0.5, 0.6) is 0 Å². The zero-order valence-electron chi connectivity index (χ0n) is 14.5. The zero-order valence-corrected chi connectivity index (χ0v) is 14.5. The van der Waals surface area contributed by atoms with Crippen LogP contribution in [0.1, 0.15) is 24.5 Å². The van der Waals surface area contributed by atoms with Gasteiger partial charge >= 0.3 is 0 Å². The number of nitrogens with zero attached hydrogens (tertiary/aromatic N) is 2. The molecule has 6 nitrogen and oxygen atoms in total. The van der Waals surface area contributed by atoms with E-state index in [2.05, 4.69) is 21.1 Å². The monoisotopic (exact) mass is 372 g/mol. The molecule has 8 heteroatoms. The van der Waals surface area contributed by atoms with Crippen LogP contribution in [0.3, 0.4) is 0 Å². The first-order chi connectivity index (χ1) is 13.0. The van der Waals surface area contributed by atoms with Gasteiger partial charge in [0.25, 0.3) is 11.8 Å². The quantitative estimate of drug-likeness (QED) is 0.445. The van der Waals surface area contributed by atoms with Crippen molar-refractivity contribution in [3.8, 4) is 0 Å². The molecular formula is C19H18F2N4O2. The molecule has 2 rings (SSSR count). The van der Waals surface area contributed by atoms with Crippen molar-refractivity contribution in [2.45, 2.75) is 13.3 Å². The van der Waals surface area contributed by atoms with Crippen molar-refractivity contribution < 1.29 is 18.4 Å². The molecule has 0 bridgehead atoms. The number of nitrogens with one attached hydrogen (secondary N) is 2. The lowest BCUT2D eigenvalue weighted by molar-refractivity contribution is -0.135. The Labute approximate surface area is 155 Å². The minimum Gasteiger partial charge on any atom is -0.272 e. The summed E-state index contributed by atoms with van der Waals surface area (Å²) in [7, 11) is 0. The van der Waals surface area contributed by atoms with Crippen molar-refractivity contribution in [3.05, 3.63) is 71.3 Å². The molecular weight excluding hydrogens is 354 g/mol. The van der Waals surface area contributed by atoms with Crippen molar-refractivity contribution >= 4 is 24.2 Å². The van der Waals surface area contributed by atoms with Crippen molar-refractivity contribution in [1.29, 1.82) is 0 Å². The molecule has 0 unspecified atom stereocenters. The molecule has 2 N–H and O–H groups in total. The number of carbonyl (C=O) groups excluding carboxylic acids is 2. The summed E-state index contributed by atoms with van der Waals surface area (Å²) in [6.45, 7) is 1.66. The third-order valence-electron chi connectivity index (χ3n) is 3.52. The first-order valence-electron chi connectivity index (χ1n) is 8.16. The highest BCUT2D eigenvalue weighted by atomic mass is 19.1. The second-order valence-corrected chi connectivity index (χ2v) is 5.54. The van der Waals surface area contributed by atoms with Gasteiger partial charge in [0.2, 0.25) is 0 Å². The number of benzene rings is 2. The largest absolute Gasteiger partial charge is 0.272 e. The minimum absolute atomic E-state index is 0.225. The summed E-state index contributed by atoms with van der Waals surface area (Å²) in [5.41, 5.74) is 5.42. The van der Waals surface area contributed by atoms with Gasteiger partial charge in [-0.05, 0) is 41.8 Å². The van der Waals surface area contributed by atoms with Gasteiger partial charge in [-0.25, -0.2) is 19.6 Å². The van der Waals surface area contributed by atoms with E-state index < -0.39 is 29.4 Å². The van der Waals surface area contributed by atoms with Crippen LogP contribution >= 0.6 is 0 Å². The smallest absolute Gasteiger partial charge is 0.252 e. The zero-order chi connectivity index (χ0) is 19.6. The lowest BCUT2D eigenvalue weighted by Gasteiger charge is -2.10. The fourth-order valence-electron chi connectivity index (χ4n) is 2.16. The number of carbonyl (C=O) groups is 2. The standard InChI is InChI=1S/C19H18F2N4O2/c1-2-17(18(26)24-22-11-13-5-3-7-15(20)9-13)19(27)25-23-12-14-6-4-8-16(21)10-14/h3-12,17H,2H2,1H3,(H,24,26)(H,25,27)/b22-11+,23-12+. The summed E-state index contributed by atoms with van der Waals surface area (Å²) < 4.78 is 26.1. The van der Waals surface area contributed by atoms with Crippen molar-refractivity contribution in [2.75, 3.05) is 0 Å². The summed E-state index contributed by atoms with van der Waals surface area (Å²) in [5, 5.41) is 7.44. The molecule has 140 valence electrons. The molecule has 0 aliphatic carbocycles. The fraction of sp³-hybridized carbons (Fsp3) is 0.158. The van der Waals surface area contributed by atoms with E-state index in [1.54, 1.807) is 19.1 Å². The van der Waals surface area contributed by atoms with Gasteiger partial charge in [-0.1, -0.05) is 31.2 Å². The van der Waals surface area contributed by atoms with E-state index >= 15 is 0 Å². The number of rotatable bonds is 7. The topological polar surface area (TPSA) is 82.9 Å². The van der Waals surface area contributed by atoms with E-state index in [1.165, 1.54) is 48.8 Å². The highest BCUT2D eigenvalue weighted by Gasteiger charge is 2.24. The van der Waals surface area contributed by atoms with E-state index in [0.29, 0.717) is 11.1 Å². The molecule has 0 saturated carbocycles.